The van der Waals surface area contributed by atoms with E-state index in [1.807, 2.05) is 20.1 Å². The van der Waals surface area contributed by atoms with Crippen LogP contribution in [-0.4, -0.2) is 52.1 Å². The lowest BCUT2D eigenvalue weighted by atomic mass is 9.93. The summed E-state index contributed by atoms with van der Waals surface area (Å²) in [7, 11) is 0. The molecule has 4 rings (SSSR count). The molecule has 0 fully saturated rings. The van der Waals surface area contributed by atoms with Gasteiger partial charge < -0.3 is 10.1 Å². The molecule has 2 heterocycles. The summed E-state index contributed by atoms with van der Waals surface area (Å²) in [5.41, 5.74) is 0.848. The maximum atomic E-state index is 13.2. The van der Waals surface area contributed by atoms with Crippen LogP contribution in [-0.2, 0) is 4.79 Å². The summed E-state index contributed by atoms with van der Waals surface area (Å²) in [6.45, 7) is 3.70. The number of anilines is 1. The van der Waals surface area contributed by atoms with Crippen LogP contribution in [0.3, 0.4) is 0 Å². The smallest absolute Gasteiger partial charge is 0.262 e. The first-order chi connectivity index (χ1) is 15.2. The maximum Gasteiger partial charge on any atom is 0.262 e. The fourth-order valence-corrected chi connectivity index (χ4v) is 4.51. The van der Waals surface area contributed by atoms with Crippen LogP contribution < -0.4 is 10.1 Å². The SMILES string of the molecule is CSCCC(C(=O)Nc1ccc2c(c1)C(=O)CC(C)(C)O2)N1C(=O)c2ccccc2C1=O. The zero-order valence-electron chi connectivity index (χ0n) is 18.1. The lowest BCUT2D eigenvalue weighted by molar-refractivity contribution is -0.120. The quantitative estimate of drug-likeness (QED) is 0.671. The van der Waals surface area contributed by atoms with Crippen molar-refractivity contribution < 1.29 is 23.9 Å². The van der Waals surface area contributed by atoms with Gasteiger partial charge >= 0.3 is 0 Å². The summed E-state index contributed by atoms with van der Waals surface area (Å²) in [5, 5.41) is 2.79. The number of nitrogens with zero attached hydrogens (tertiary/aromatic N) is 1. The molecule has 0 spiro atoms. The van der Waals surface area contributed by atoms with Crippen LogP contribution >= 0.6 is 11.8 Å². The van der Waals surface area contributed by atoms with Crippen LogP contribution in [0.15, 0.2) is 42.5 Å². The van der Waals surface area contributed by atoms with Gasteiger partial charge in [-0.05, 0) is 62.6 Å². The van der Waals surface area contributed by atoms with Crippen LogP contribution in [0.4, 0.5) is 5.69 Å². The summed E-state index contributed by atoms with van der Waals surface area (Å²) < 4.78 is 5.86. The Labute approximate surface area is 190 Å². The van der Waals surface area contributed by atoms with E-state index >= 15 is 0 Å². The number of imide groups is 1. The molecule has 2 aliphatic heterocycles. The molecule has 2 aromatic carbocycles. The standard InChI is InChI=1S/C24H24N2O5S/c1-24(2)13-19(27)17-12-14(8-9-20(17)31-24)25-21(28)18(10-11-32-3)26-22(29)15-6-4-5-7-16(15)23(26)30/h4-9,12,18H,10-11,13H2,1-3H3,(H,25,28). The number of nitrogens with one attached hydrogen (secondary N) is 1. The van der Waals surface area contributed by atoms with Gasteiger partial charge in [0.15, 0.2) is 5.78 Å². The number of fused-ring (bicyclic) bond motifs is 2. The predicted octanol–water partition coefficient (Wildman–Crippen LogP) is 3.79. The molecule has 1 atom stereocenters. The second kappa shape index (κ2) is 8.43. The molecule has 0 saturated carbocycles. The monoisotopic (exact) mass is 452 g/mol. The summed E-state index contributed by atoms with van der Waals surface area (Å²) in [6, 6.07) is 10.5. The summed E-state index contributed by atoms with van der Waals surface area (Å²) in [5.74, 6) is -0.406. The van der Waals surface area contributed by atoms with Crippen molar-refractivity contribution in [3.05, 3.63) is 59.2 Å². The highest BCUT2D eigenvalue weighted by Crippen LogP contribution is 2.35. The van der Waals surface area contributed by atoms with Crippen molar-refractivity contribution in [2.75, 3.05) is 17.3 Å². The first kappa shape index (κ1) is 22.1. The fourth-order valence-electron chi connectivity index (χ4n) is 4.05. The molecular weight excluding hydrogens is 428 g/mol. The van der Waals surface area contributed by atoms with Gasteiger partial charge in [-0.25, -0.2) is 0 Å². The minimum Gasteiger partial charge on any atom is -0.487 e. The first-order valence-electron chi connectivity index (χ1n) is 10.3. The fraction of sp³-hybridized carbons (Fsp3) is 0.333. The summed E-state index contributed by atoms with van der Waals surface area (Å²) in [6.07, 6.45) is 2.45. The molecule has 7 nitrogen and oxygen atoms in total. The van der Waals surface area contributed by atoms with E-state index in [2.05, 4.69) is 5.32 Å². The van der Waals surface area contributed by atoms with E-state index in [0.717, 1.165) is 4.90 Å². The van der Waals surface area contributed by atoms with Crippen molar-refractivity contribution in [3.8, 4) is 5.75 Å². The van der Waals surface area contributed by atoms with E-state index in [0.29, 0.717) is 40.3 Å². The van der Waals surface area contributed by atoms with E-state index in [1.165, 1.54) is 11.8 Å². The van der Waals surface area contributed by atoms with Gasteiger partial charge in [-0.15, -0.1) is 0 Å². The van der Waals surface area contributed by atoms with Crippen molar-refractivity contribution in [1.82, 2.24) is 4.90 Å². The predicted molar refractivity (Wildman–Crippen MR) is 122 cm³/mol. The number of hydrogen-bond donors (Lipinski definition) is 1. The molecular formula is C24H24N2O5S. The van der Waals surface area contributed by atoms with Gasteiger partial charge in [0, 0.05) is 5.69 Å². The number of Topliss-reactive ketones (excluding diaryl/α,β-unsaturated/α-hetero) is 1. The Hall–Kier alpha value is -3.13. The molecule has 0 radical (unpaired) electrons. The number of thioether (sulfide) groups is 1. The third kappa shape index (κ3) is 4.02. The second-order valence-electron chi connectivity index (χ2n) is 8.49. The summed E-state index contributed by atoms with van der Waals surface area (Å²) >= 11 is 1.53. The number of rotatable bonds is 6. The van der Waals surface area contributed by atoms with E-state index < -0.39 is 29.4 Å². The third-order valence-corrected chi connectivity index (χ3v) is 6.20. The van der Waals surface area contributed by atoms with Gasteiger partial charge in [0.2, 0.25) is 5.91 Å². The van der Waals surface area contributed by atoms with E-state index in [4.69, 9.17) is 4.74 Å². The number of ether oxygens (including phenoxy) is 1. The van der Waals surface area contributed by atoms with Crippen LogP contribution in [0.5, 0.6) is 5.75 Å². The van der Waals surface area contributed by atoms with Gasteiger partial charge in [0.05, 0.1) is 23.1 Å². The van der Waals surface area contributed by atoms with Crippen LogP contribution in [0.1, 0.15) is 57.8 Å². The Morgan fingerprint density at radius 1 is 1.09 bits per heavy atom. The highest BCUT2D eigenvalue weighted by Gasteiger charge is 2.42. The van der Waals surface area contributed by atoms with Crippen LogP contribution in [0.25, 0.3) is 0 Å². The average molecular weight is 453 g/mol. The molecule has 32 heavy (non-hydrogen) atoms. The van der Waals surface area contributed by atoms with E-state index in [9.17, 15) is 19.2 Å². The van der Waals surface area contributed by atoms with Gasteiger partial charge in [0.25, 0.3) is 11.8 Å². The first-order valence-corrected chi connectivity index (χ1v) is 11.7. The molecule has 1 N–H and O–H groups in total. The number of benzene rings is 2. The van der Waals surface area contributed by atoms with Crippen molar-refractivity contribution in [1.29, 1.82) is 0 Å². The summed E-state index contributed by atoms with van der Waals surface area (Å²) in [4.78, 5) is 52.6. The Morgan fingerprint density at radius 3 is 2.38 bits per heavy atom. The molecule has 1 unspecified atom stereocenters. The second-order valence-corrected chi connectivity index (χ2v) is 9.47. The van der Waals surface area contributed by atoms with Crippen molar-refractivity contribution in [2.45, 2.75) is 38.3 Å². The Morgan fingerprint density at radius 2 is 1.75 bits per heavy atom. The van der Waals surface area contributed by atoms with Gasteiger partial charge in [-0.1, -0.05) is 12.1 Å². The normalized spacial score (nSPS) is 17.5. The molecule has 3 amide bonds. The van der Waals surface area contributed by atoms with E-state index in [1.54, 1.807) is 42.5 Å². The highest BCUT2D eigenvalue weighted by atomic mass is 32.2. The van der Waals surface area contributed by atoms with Crippen molar-refractivity contribution in [3.63, 3.8) is 0 Å². The number of hydrogen-bond acceptors (Lipinski definition) is 6. The molecule has 0 saturated heterocycles. The van der Waals surface area contributed by atoms with Gasteiger partial charge in [-0.3, -0.25) is 24.1 Å². The molecule has 0 aromatic heterocycles. The minimum atomic E-state index is -0.961. The topological polar surface area (TPSA) is 92.8 Å². The van der Waals surface area contributed by atoms with Crippen molar-refractivity contribution >= 4 is 41.0 Å². The largest absolute Gasteiger partial charge is 0.487 e. The van der Waals surface area contributed by atoms with Gasteiger partial charge in [-0.2, -0.15) is 11.8 Å². The average Bonchev–Trinajstić information content (AvgIpc) is 2.99. The van der Waals surface area contributed by atoms with Gasteiger partial charge in [0.1, 0.15) is 17.4 Å². The number of amides is 3. The zero-order valence-corrected chi connectivity index (χ0v) is 19.0. The Kier molecular flexibility index (Phi) is 5.81. The number of carbonyl (C=O) groups excluding carboxylic acids is 4. The molecule has 0 bridgehead atoms. The van der Waals surface area contributed by atoms with Crippen molar-refractivity contribution in [2.24, 2.45) is 0 Å². The minimum absolute atomic E-state index is 0.0633. The highest BCUT2D eigenvalue weighted by molar-refractivity contribution is 7.98. The molecule has 0 aliphatic carbocycles. The number of ketones is 1. The third-order valence-electron chi connectivity index (χ3n) is 5.56. The molecule has 2 aromatic rings. The van der Waals surface area contributed by atoms with Crippen LogP contribution in [0.2, 0.25) is 0 Å². The zero-order chi connectivity index (χ0) is 23.0. The lowest BCUT2D eigenvalue weighted by Gasteiger charge is -2.31. The lowest BCUT2D eigenvalue weighted by Crippen LogP contribution is -2.47. The molecule has 2 aliphatic rings. The Bertz CT molecular complexity index is 1090. The van der Waals surface area contributed by atoms with Crippen LogP contribution in [0, 0.1) is 0 Å². The number of carbonyl (C=O) groups is 4. The molecule has 166 valence electrons. The maximum absolute atomic E-state index is 13.2. The molecule has 8 heteroatoms. The Balaban J connectivity index is 1.59. The van der Waals surface area contributed by atoms with E-state index in [-0.39, 0.29) is 12.2 Å².